The van der Waals surface area contributed by atoms with Crippen molar-refractivity contribution in [2.75, 3.05) is 6.79 Å². The monoisotopic (exact) mass is 286 g/mol. The van der Waals surface area contributed by atoms with Crippen LogP contribution in [-0.2, 0) is 0 Å². The number of benzene rings is 1. The minimum atomic E-state index is -0.215. The fourth-order valence-electron chi connectivity index (χ4n) is 3.77. The van der Waals surface area contributed by atoms with Crippen molar-refractivity contribution in [3.8, 4) is 11.5 Å². The quantitative estimate of drug-likeness (QED) is 0.686. The predicted octanol–water partition coefficient (Wildman–Crippen LogP) is 2.57. The van der Waals surface area contributed by atoms with Crippen molar-refractivity contribution in [2.24, 2.45) is 22.9 Å². The molecule has 2 saturated carbocycles. The number of hydrogen-bond acceptors (Lipinski definition) is 4. The lowest BCUT2D eigenvalue weighted by Gasteiger charge is -2.16. The summed E-state index contributed by atoms with van der Waals surface area (Å²) in [6.45, 7) is 0.211. The molecule has 1 aromatic carbocycles. The Hall–Kier alpha value is -2.04. The first-order chi connectivity index (χ1) is 10.3. The first-order valence-electron chi connectivity index (χ1n) is 7.53. The molecule has 1 N–H and O–H groups in total. The summed E-state index contributed by atoms with van der Waals surface area (Å²) in [5.41, 5.74) is 3.14. The van der Waals surface area contributed by atoms with Crippen LogP contribution in [0, 0.1) is 17.8 Å². The summed E-state index contributed by atoms with van der Waals surface area (Å²) in [5.74, 6) is 3.28. The van der Waals surface area contributed by atoms with E-state index in [1.807, 2.05) is 6.21 Å². The van der Waals surface area contributed by atoms with Gasteiger partial charge < -0.3 is 9.47 Å². The number of nitrogens with zero attached hydrogens (tertiary/aromatic N) is 1. The highest BCUT2D eigenvalue weighted by molar-refractivity contribution is 5.95. The molecule has 0 radical (unpaired) electrons. The van der Waals surface area contributed by atoms with Crippen LogP contribution in [0.3, 0.4) is 0 Å². The Morgan fingerprint density at radius 2 is 2.14 bits per heavy atom. The van der Waals surface area contributed by atoms with Gasteiger partial charge in [-0.1, -0.05) is 6.42 Å². The van der Waals surface area contributed by atoms with Crippen LogP contribution >= 0.6 is 0 Å². The van der Waals surface area contributed by atoms with Gasteiger partial charge in [0.15, 0.2) is 11.5 Å². The van der Waals surface area contributed by atoms with Crippen LogP contribution in [0.5, 0.6) is 11.5 Å². The average Bonchev–Trinajstić information content (AvgIpc) is 3.22. The second-order valence-corrected chi connectivity index (χ2v) is 6.13. The molecule has 0 aromatic heterocycles. The van der Waals surface area contributed by atoms with Crippen LogP contribution < -0.4 is 14.9 Å². The maximum atomic E-state index is 12.1. The van der Waals surface area contributed by atoms with E-state index in [1.165, 1.54) is 25.7 Å². The zero-order chi connectivity index (χ0) is 14.2. The van der Waals surface area contributed by atoms with Crippen molar-refractivity contribution in [1.82, 2.24) is 5.43 Å². The largest absolute Gasteiger partial charge is 0.454 e. The van der Waals surface area contributed by atoms with E-state index in [-0.39, 0.29) is 12.7 Å². The fourth-order valence-corrected chi connectivity index (χ4v) is 3.77. The lowest BCUT2D eigenvalue weighted by Crippen LogP contribution is -2.20. The predicted molar refractivity (Wildman–Crippen MR) is 77.5 cm³/mol. The zero-order valence-corrected chi connectivity index (χ0v) is 11.7. The molecule has 1 aromatic rings. The summed E-state index contributed by atoms with van der Waals surface area (Å²) in [7, 11) is 0. The fraction of sp³-hybridized carbons (Fsp3) is 0.500. The number of carbonyl (C=O) groups is 1. The van der Waals surface area contributed by atoms with Gasteiger partial charge in [-0.2, -0.15) is 5.10 Å². The highest BCUT2D eigenvalue weighted by Crippen LogP contribution is 2.47. The maximum absolute atomic E-state index is 12.1. The molecule has 5 heteroatoms. The molecule has 0 unspecified atom stereocenters. The van der Waals surface area contributed by atoms with E-state index in [0.717, 1.165) is 11.8 Å². The SMILES string of the molecule is O=C(N/N=C\[C@@H]1C[C@@H]2CC[C@H]1C2)c1ccc2c(c1)OCO2. The Morgan fingerprint density at radius 1 is 1.24 bits per heavy atom. The number of rotatable bonds is 3. The van der Waals surface area contributed by atoms with Crippen molar-refractivity contribution in [3.63, 3.8) is 0 Å². The van der Waals surface area contributed by atoms with Gasteiger partial charge in [-0.15, -0.1) is 0 Å². The molecule has 0 saturated heterocycles. The number of ether oxygens (including phenoxy) is 2. The minimum absolute atomic E-state index is 0.211. The van der Waals surface area contributed by atoms with Gasteiger partial charge in [-0.3, -0.25) is 4.79 Å². The van der Waals surface area contributed by atoms with Crippen molar-refractivity contribution in [1.29, 1.82) is 0 Å². The van der Waals surface area contributed by atoms with Gasteiger partial charge in [-0.05, 0) is 55.2 Å². The third-order valence-corrected chi connectivity index (χ3v) is 4.86. The van der Waals surface area contributed by atoms with Crippen molar-refractivity contribution in [3.05, 3.63) is 23.8 Å². The van der Waals surface area contributed by atoms with E-state index >= 15 is 0 Å². The summed E-state index contributed by atoms with van der Waals surface area (Å²) in [5, 5.41) is 4.15. The van der Waals surface area contributed by atoms with Crippen molar-refractivity contribution in [2.45, 2.75) is 25.7 Å². The van der Waals surface area contributed by atoms with Gasteiger partial charge in [0.2, 0.25) is 6.79 Å². The van der Waals surface area contributed by atoms with Gasteiger partial charge >= 0.3 is 0 Å². The molecule has 1 amide bonds. The van der Waals surface area contributed by atoms with Gasteiger partial charge in [-0.25, -0.2) is 5.43 Å². The molecule has 3 atom stereocenters. The summed E-state index contributed by atoms with van der Waals surface area (Å²) in [6.07, 6.45) is 7.19. The molecule has 2 bridgehead atoms. The van der Waals surface area contributed by atoms with Crippen LogP contribution in [-0.4, -0.2) is 18.9 Å². The Bertz CT molecular complexity index is 599. The minimum Gasteiger partial charge on any atom is -0.454 e. The molecule has 21 heavy (non-hydrogen) atoms. The summed E-state index contributed by atoms with van der Waals surface area (Å²) in [6, 6.07) is 5.15. The number of carbonyl (C=O) groups excluding carboxylic acids is 1. The third kappa shape index (κ3) is 2.37. The highest BCUT2D eigenvalue weighted by atomic mass is 16.7. The van der Waals surface area contributed by atoms with Crippen LogP contribution in [0.2, 0.25) is 0 Å². The number of nitrogens with one attached hydrogen (secondary N) is 1. The van der Waals surface area contributed by atoms with Crippen LogP contribution in [0.1, 0.15) is 36.0 Å². The summed E-state index contributed by atoms with van der Waals surface area (Å²) < 4.78 is 10.5. The van der Waals surface area contributed by atoms with E-state index in [9.17, 15) is 4.79 Å². The van der Waals surface area contributed by atoms with Crippen LogP contribution in [0.15, 0.2) is 23.3 Å². The van der Waals surface area contributed by atoms with E-state index in [1.54, 1.807) is 18.2 Å². The number of fused-ring (bicyclic) bond motifs is 3. The molecule has 110 valence electrons. The lowest BCUT2D eigenvalue weighted by atomic mass is 9.90. The lowest BCUT2D eigenvalue weighted by molar-refractivity contribution is 0.0954. The molecule has 1 aliphatic heterocycles. The number of hydrogen-bond donors (Lipinski definition) is 1. The second kappa shape index (κ2) is 5.06. The molecular weight excluding hydrogens is 268 g/mol. The Morgan fingerprint density at radius 3 is 2.95 bits per heavy atom. The Labute approximate surface area is 123 Å². The van der Waals surface area contributed by atoms with Crippen molar-refractivity contribution >= 4 is 12.1 Å². The van der Waals surface area contributed by atoms with Gasteiger partial charge in [0, 0.05) is 11.8 Å². The van der Waals surface area contributed by atoms with Gasteiger partial charge in [0.25, 0.3) is 5.91 Å². The standard InChI is InChI=1S/C16H18N2O3/c19-16(12-3-4-14-15(7-12)21-9-20-14)18-17-8-13-6-10-1-2-11(13)5-10/h3-4,7-8,10-11,13H,1-2,5-6,9H2,(H,18,19)/b17-8-/t10-,11+,13+/m1/s1. The van der Waals surface area contributed by atoms with E-state index in [4.69, 9.17) is 9.47 Å². The van der Waals surface area contributed by atoms with E-state index in [2.05, 4.69) is 10.5 Å². The number of amides is 1. The van der Waals surface area contributed by atoms with Gasteiger partial charge in [0.05, 0.1) is 0 Å². The Balaban J connectivity index is 1.37. The first-order valence-corrected chi connectivity index (χ1v) is 7.53. The zero-order valence-electron chi connectivity index (χ0n) is 11.7. The molecular formula is C16H18N2O3. The first kappa shape index (κ1) is 12.7. The topological polar surface area (TPSA) is 59.9 Å². The number of hydrazone groups is 1. The molecule has 5 nitrogen and oxygen atoms in total. The molecule has 2 fully saturated rings. The van der Waals surface area contributed by atoms with Crippen LogP contribution in [0.25, 0.3) is 0 Å². The normalized spacial score (nSPS) is 29.2. The smallest absolute Gasteiger partial charge is 0.271 e. The molecule has 3 aliphatic rings. The van der Waals surface area contributed by atoms with Crippen LogP contribution in [0.4, 0.5) is 0 Å². The average molecular weight is 286 g/mol. The second-order valence-electron chi connectivity index (χ2n) is 6.13. The molecule has 4 rings (SSSR count). The summed E-state index contributed by atoms with van der Waals surface area (Å²) >= 11 is 0. The highest BCUT2D eigenvalue weighted by Gasteiger charge is 2.38. The van der Waals surface area contributed by atoms with Gasteiger partial charge in [0.1, 0.15) is 0 Å². The third-order valence-electron chi connectivity index (χ3n) is 4.86. The molecule has 2 aliphatic carbocycles. The summed E-state index contributed by atoms with van der Waals surface area (Å²) in [4.78, 5) is 12.1. The Kier molecular flexibility index (Phi) is 3.05. The van der Waals surface area contributed by atoms with E-state index in [0.29, 0.717) is 23.0 Å². The molecule has 1 heterocycles. The van der Waals surface area contributed by atoms with E-state index < -0.39 is 0 Å². The maximum Gasteiger partial charge on any atom is 0.271 e. The molecule has 0 spiro atoms. The van der Waals surface area contributed by atoms with Crippen molar-refractivity contribution < 1.29 is 14.3 Å².